The predicted molar refractivity (Wildman–Crippen MR) is 369 cm³/mol. The highest BCUT2D eigenvalue weighted by Gasteiger charge is 2.48. The molecule has 0 amide bonds. The molecular weight excluding hydrogens is 1040 g/mol. The summed E-state index contributed by atoms with van der Waals surface area (Å²) in [6, 6.07) is 94.5. The maximum atomic E-state index is 7.23. The molecule has 0 saturated heterocycles. The lowest BCUT2D eigenvalue weighted by molar-refractivity contribution is 0.483. The molecule has 14 aromatic rings. The van der Waals surface area contributed by atoms with E-state index in [2.05, 4.69) is 305 Å². The van der Waals surface area contributed by atoms with Gasteiger partial charge in [0.15, 0.2) is 0 Å². The van der Waals surface area contributed by atoms with Crippen molar-refractivity contribution in [2.45, 2.75) is 52.4 Å². The Morgan fingerprint density at radius 2 is 0.640 bits per heavy atom. The van der Waals surface area contributed by atoms with E-state index < -0.39 is 0 Å². The van der Waals surface area contributed by atoms with Gasteiger partial charge in [-0.1, -0.05) is 211 Å². The number of para-hydroxylation sites is 3. The topological polar surface area (TPSA) is 19.0 Å². The van der Waals surface area contributed by atoms with E-state index in [4.69, 9.17) is 4.74 Å². The highest BCUT2D eigenvalue weighted by atomic mass is 16.5. The molecule has 86 heavy (non-hydrogen) atoms. The van der Waals surface area contributed by atoms with Gasteiger partial charge in [0.2, 0.25) is 0 Å². The van der Waals surface area contributed by atoms with Gasteiger partial charge in [-0.15, -0.1) is 0 Å². The van der Waals surface area contributed by atoms with Gasteiger partial charge >= 0.3 is 0 Å². The Balaban J connectivity index is 0.996. The molecule has 4 aliphatic heterocycles. The van der Waals surface area contributed by atoms with Gasteiger partial charge in [-0.2, -0.15) is 0 Å². The van der Waals surface area contributed by atoms with Crippen LogP contribution in [0.5, 0.6) is 11.5 Å². The van der Waals surface area contributed by atoms with Crippen LogP contribution in [-0.2, 0) is 10.8 Å². The van der Waals surface area contributed by atoms with Gasteiger partial charge in [-0.3, -0.25) is 0 Å². The predicted octanol–water partition coefficient (Wildman–Crippen LogP) is 17.7. The van der Waals surface area contributed by atoms with Gasteiger partial charge in [0.25, 0.3) is 13.4 Å². The summed E-state index contributed by atoms with van der Waals surface area (Å²) in [5.74, 6) is 1.83. The molecule has 14 aromatic carbocycles. The Labute approximate surface area is 502 Å². The summed E-state index contributed by atoms with van der Waals surface area (Å²) >= 11 is 0. The van der Waals surface area contributed by atoms with E-state index in [-0.39, 0.29) is 24.3 Å². The number of rotatable bonds is 3. The Morgan fingerprint density at radius 3 is 1.14 bits per heavy atom. The van der Waals surface area contributed by atoms with Crippen molar-refractivity contribution >= 4 is 162 Å². The molecule has 0 aromatic heterocycles. The van der Waals surface area contributed by atoms with Crippen molar-refractivity contribution in [2.75, 3.05) is 14.7 Å². The molecule has 0 atom stereocenters. The Bertz CT molecular complexity index is 5220. The molecule has 0 N–H and O–H groups in total. The lowest BCUT2D eigenvalue weighted by atomic mass is 9.30. The minimum Gasteiger partial charge on any atom is -0.458 e. The minimum absolute atomic E-state index is 0.111. The molecule has 6 heteroatoms. The van der Waals surface area contributed by atoms with Crippen molar-refractivity contribution in [1.29, 1.82) is 0 Å². The largest absolute Gasteiger partial charge is 0.458 e. The summed E-state index contributed by atoms with van der Waals surface area (Å²) in [6.07, 6.45) is 0. The van der Waals surface area contributed by atoms with Gasteiger partial charge in [-0.05, 0) is 198 Å². The normalized spacial score (nSPS) is 13.9. The molecule has 0 spiro atoms. The van der Waals surface area contributed by atoms with Crippen molar-refractivity contribution < 1.29 is 4.74 Å². The summed E-state index contributed by atoms with van der Waals surface area (Å²) in [4.78, 5) is 7.81. The third-order valence-corrected chi connectivity index (χ3v) is 19.5. The molecule has 0 fully saturated rings. The molecule has 0 aliphatic carbocycles. The zero-order valence-electron chi connectivity index (χ0n) is 49.1. The van der Waals surface area contributed by atoms with Crippen molar-refractivity contribution in [3.8, 4) is 11.5 Å². The standard InChI is InChI=1S/C80H59B2N3O/c1-79(2,3)48-40-72-77-73(41-48)84(51-36-38-61-57-28-12-10-24-53(57)55-26-14-16-30-59(55)63(61)44-51)70-47-71-68(46-67(70)81(77)65-32-18-20-34-69(65)83(72)50-22-8-7-9-23-50)82-66-33-19-21-35-75(66)86-76-43-49(80(4,5)6)42-74(78(76)82)85(71)52-37-39-62-58-29-13-11-25-54(58)56-27-15-17-31-60(56)64(62)45-52/h7-47H,1-6H3. The fraction of sp³-hybridized carbons (Fsp3) is 0.100. The molecule has 0 unspecified atom stereocenters. The molecule has 18 rings (SSSR count). The fourth-order valence-electron chi connectivity index (χ4n) is 15.5. The molecular formula is C80H59B2N3O. The summed E-state index contributed by atoms with van der Waals surface area (Å²) < 4.78 is 7.23. The monoisotopic (exact) mass is 1100 g/mol. The molecule has 0 saturated carbocycles. The Kier molecular flexibility index (Phi) is 10.2. The van der Waals surface area contributed by atoms with Crippen LogP contribution >= 0.6 is 0 Å². The lowest BCUT2D eigenvalue weighted by Crippen LogP contribution is -2.64. The average molecular weight is 1100 g/mol. The SMILES string of the molecule is CC(C)(C)c1cc2c3c(c1)N(c1ccc4c5ccccc5c5ccccc5c4c1)c1cc4c(cc1B3c1ccccc1O2)B1c2ccccc2N(c2ccccc2)c2cc(C(C)(C)C)cc(c21)N4c1ccc2c3ccccc3c3ccccc3c2c1. The molecule has 4 nitrogen and oxygen atoms in total. The highest BCUT2D eigenvalue weighted by Crippen LogP contribution is 2.51. The van der Waals surface area contributed by atoms with E-state index in [0.717, 1.165) is 39.9 Å². The van der Waals surface area contributed by atoms with E-state index in [1.807, 2.05) is 0 Å². The third-order valence-electron chi connectivity index (χ3n) is 19.5. The van der Waals surface area contributed by atoms with E-state index >= 15 is 0 Å². The quantitative estimate of drug-likeness (QED) is 0.130. The first kappa shape index (κ1) is 49.4. The van der Waals surface area contributed by atoms with E-state index in [0.29, 0.717) is 0 Å². The first-order valence-electron chi connectivity index (χ1n) is 30.5. The summed E-state index contributed by atoms with van der Waals surface area (Å²) in [6.45, 7) is 13.8. The average Bonchev–Trinajstić information content (AvgIpc) is 0.868. The second-order valence-electron chi connectivity index (χ2n) is 26.4. The van der Waals surface area contributed by atoms with Gasteiger partial charge in [-0.25, -0.2) is 0 Å². The summed E-state index contributed by atoms with van der Waals surface area (Å²) in [7, 11) is 0. The molecule has 4 aliphatic rings. The fourth-order valence-corrected chi connectivity index (χ4v) is 15.5. The van der Waals surface area contributed by atoms with Crippen molar-refractivity contribution in [2.24, 2.45) is 0 Å². The van der Waals surface area contributed by atoms with Crippen LogP contribution in [-0.4, -0.2) is 13.4 Å². The molecule has 4 heterocycles. The number of fused-ring (bicyclic) bond motifs is 20. The maximum Gasteiger partial charge on any atom is 0.256 e. The molecule has 0 bridgehead atoms. The number of nitrogens with zero attached hydrogens (tertiary/aromatic N) is 3. The van der Waals surface area contributed by atoms with Gasteiger partial charge in [0, 0.05) is 51.2 Å². The summed E-state index contributed by atoms with van der Waals surface area (Å²) in [5, 5.41) is 15.1. The second kappa shape index (κ2) is 17.8. The lowest BCUT2D eigenvalue weighted by Gasteiger charge is -2.47. The third kappa shape index (κ3) is 6.96. The minimum atomic E-state index is -0.189. The van der Waals surface area contributed by atoms with Gasteiger partial charge < -0.3 is 19.4 Å². The first-order chi connectivity index (χ1) is 41.9. The number of anilines is 9. The number of ether oxygens (including phenoxy) is 1. The summed E-state index contributed by atoms with van der Waals surface area (Å²) in [5.41, 5.74) is 20.1. The zero-order valence-corrected chi connectivity index (χ0v) is 49.1. The molecule has 406 valence electrons. The van der Waals surface area contributed by atoms with Crippen molar-refractivity contribution in [3.63, 3.8) is 0 Å². The van der Waals surface area contributed by atoms with Crippen LogP contribution in [0.4, 0.5) is 51.2 Å². The second-order valence-corrected chi connectivity index (χ2v) is 26.4. The van der Waals surface area contributed by atoms with E-state index in [1.165, 1.54) is 131 Å². The zero-order chi connectivity index (χ0) is 57.5. The van der Waals surface area contributed by atoms with Crippen LogP contribution in [0.25, 0.3) is 64.6 Å². The van der Waals surface area contributed by atoms with Crippen LogP contribution in [0.15, 0.2) is 249 Å². The number of benzene rings is 14. The van der Waals surface area contributed by atoms with Crippen molar-refractivity contribution in [3.05, 3.63) is 260 Å². The van der Waals surface area contributed by atoms with Gasteiger partial charge in [0.05, 0.1) is 0 Å². The van der Waals surface area contributed by atoms with Crippen LogP contribution in [0.3, 0.4) is 0 Å². The van der Waals surface area contributed by atoms with E-state index in [1.54, 1.807) is 0 Å². The highest BCUT2D eigenvalue weighted by molar-refractivity contribution is 7.02. The first-order valence-corrected chi connectivity index (χ1v) is 30.5. The maximum absolute atomic E-state index is 7.23. The number of hydrogen-bond donors (Lipinski definition) is 0. The van der Waals surface area contributed by atoms with Gasteiger partial charge in [0.1, 0.15) is 11.5 Å². The Morgan fingerprint density at radius 1 is 0.256 bits per heavy atom. The van der Waals surface area contributed by atoms with Crippen LogP contribution in [0.2, 0.25) is 0 Å². The molecule has 0 radical (unpaired) electrons. The van der Waals surface area contributed by atoms with Crippen LogP contribution in [0, 0.1) is 0 Å². The smallest absolute Gasteiger partial charge is 0.256 e. The van der Waals surface area contributed by atoms with Crippen LogP contribution < -0.4 is 52.2 Å². The Hall–Kier alpha value is -10.0. The van der Waals surface area contributed by atoms with Crippen molar-refractivity contribution in [1.82, 2.24) is 0 Å². The number of hydrogen-bond acceptors (Lipinski definition) is 4. The van der Waals surface area contributed by atoms with Crippen LogP contribution in [0.1, 0.15) is 52.7 Å². The van der Waals surface area contributed by atoms with E-state index in [9.17, 15) is 0 Å².